The van der Waals surface area contributed by atoms with E-state index in [1.54, 1.807) is 12.3 Å². The Balaban J connectivity index is 2.46. The molecule has 2 heteroatoms. The van der Waals surface area contributed by atoms with Crippen LogP contribution in [0.5, 0.6) is 0 Å². The van der Waals surface area contributed by atoms with Crippen molar-refractivity contribution in [1.82, 2.24) is 10.2 Å². The molecule has 0 saturated heterocycles. The average Bonchev–Trinajstić information content (AvgIpc) is 2.21. The second kappa shape index (κ2) is 3.13. The Morgan fingerprint density at radius 2 is 1.92 bits per heavy atom. The molecule has 0 unspecified atom stereocenters. The molecule has 0 fully saturated rings. The maximum absolute atomic E-state index is 3.94. The van der Waals surface area contributed by atoms with Crippen molar-refractivity contribution in [2.24, 2.45) is 0 Å². The quantitative estimate of drug-likeness (QED) is 0.629. The Bertz CT molecular complexity index is 305. The smallest absolute Gasteiger partial charge is 0.101 e. The van der Waals surface area contributed by atoms with Gasteiger partial charge in [-0.15, -0.1) is 5.10 Å². The van der Waals surface area contributed by atoms with Crippen LogP contribution in [0.4, 0.5) is 0 Å². The standard InChI is InChI=1S/C10H7N2/c1-2-5-9(6-3-1)10-7-4-8-11-12-10/h1-6,8H. The zero-order chi connectivity index (χ0) is 8.23. The summed E-state index contributed by atoms with van der Waals surface area (Å²) < 4.78 is 0. The number of rotatable bonds is 1. The van der Waals surface area contributed by atoms with Crippen molar-refractivity contribution in [3.05, 3.63) is 48.7 Å². The van der Waals surface area contributed by atoms with E-state index in [-0.39, 0.29) is 0 Å². The Labute approximate surface area is 70.9 Å². The lowest BCUT2D eigenvalue weighted by Crippen LogP contribution is -1.84. The highest BCUT2D eigenvalue weighted by atomic mass is 15.1. The normalized spacial score (nSPS) is 9.67. The van der Waals surface area contributed by atoms with Crippen LogP contribution in [0.2, 0.25) is 0 Å². The molecule has 1 heterocycles. The fourth-order valence-corrected chi connectivity index (χ4v) is 1.01. The molecule has 2 rings (SSSR count). The maximum Gasteiger partial charge on any atom is 0.101 e. The first kappa shape index (κ1) is 6.98. The first-order valence-electron chi connectivity index (χ1n) is 3.71. The topological polar surface area (TPSA) is 25.8 Å². The third-order valence-electron chi connectivity index (χ3n) is 1.57. The zero-order valence-electron chi connectivity index (χ0n) is 6.44. The minimum Gasteiger partial charge on any atom is -0.158 e. The van der Waals surface area contributed by atoms with Gasteiger partial charge < -0.3 is 0 Å². The first-order valence-corrected chi connectivity index (χ1v) is 3.71. The summed E-state index contributed by atoms with van der Waals surface area (Å²) in [6.45, 7) is 0. The monoisotopic (exact) mass is 155 g/mol. The number of aromatic nitrogens is 2. The van der Waals surface area contributed by atoms with Crippen LogP contribution in [0.3, 0.4) is 0 Å². The van der Waals surface area contributed by atoms with Gasteiger partial charge in [0.05, 0.1) is 6.20 Å². The van der Waals surface area contributed by atoms with E-state index >= 15 is 0 Å². The lowest BCUT2D eigenvalue weighted by atomic mass is 10.1. The summed E-state index contributed by atoms with van der Waals surface area (Å²) in [6, 6.07) is 14.7. The lowest BCUT2D eigenvalue weighted by Gasteiger charge is -1.95. The van der Waals surface area contributed by atoms with Gasteiger partial charge in [-0.3, -0.25) is 0 Å². The summed E-state index contributed by atoms with van der Waals surface area (Å²) in [5, 5.41) is 7.72. The number of hydrogen-bond acceptors (Lipinski definition) is 2. The SMILES string of the molecule is [c]1ccnnc1-c1ccccc1. The molecule has 2 aromatic rings. The molecule has 0 aliphatic heterocycles. The van der Waals surface area contributed by atoms with Gasteiger partial charge in [0.15, 0.2) is 0 Å². The van der Waals surface area contributed by atoms with E-state index < -0.39 is 0 Å². The largest absolute Gasteiger partial charge is 0.158 e. The van der Waals surface area contributed by atoms with E-state index in [0.29, 0.717) is 0 Å². The van der Waals surface area contributed by atoms with Gasteiger partial charge in [-0.05, 0) is 6.07 Å². The van der Waals surface area contributed by atoms with Gasteiger partial charge in [0, 0.05) is 11.6 Å². The zero-order valence-corrected chi connectivity index (χ0v) is 6.44. The van der Waals surface area contributed by atoms with Crippen molar-refractivity contribution in [2.45, 2.75) is 0 Å². The summed E-state index contributed by atoms with van der Waals surface area (Å²) in [5.74, 6) is 0. The van der Waals surface area contributed by atoms with Gasteiger partial charge in [-0.25, -0.2) is 0 Å². The van der Waals surface area contributed by atoms with E-state index in [2.05, 4.69) is 16.3 Å². The van der Waals surface area contributed by atoms with E-state index in [9.17, 15) is 0 Å². The van der Waals surface area contributed by atoms with Crippen molar-refractivity contribution >= 4 is 0 Å². The molecule has 0 spiro atoms. The molecule has 57 valence electrons. The molecule has 12 heavy (non-hydrogen) atoms. The van der Waals surface area contributed by atoms with Gasteiger partial charge in [-0.1, -0.05) is 30.3 Å². The van der Waals surface area contributed by atoms with Crippen LogP contribution in [0, 0.1) is 6.07 Å². The summed E-state index contributed by atoms with van der Waals surface area (Å²) in [5.41, 5.74) is 1.84. The van der Waals surface area contributed by atoms with E-state index in [0.717, 1.165) is 11.3 Å². The lowest BCUT2D eigenvalue weighted by molar-refractivity contribution is 1.04. The molecule has 0 aliphatic rings. The Kier molecular flexibility index (Phi) is 1.82. The third-order valence-corrected chi connectivity index (χ3v) is 1.57. The minimum atomic E-state index is 0.790. The third kappa shape index (κ3) is 1.32. The van der Waals surface area contributed by atoms with Crippen LogP contribution in [0.1, 0.15) is 0 Å². The van der Waals surface area contributed by atoms with Crippen LogP contribution < -0.4 is 0 Å². The molecular formula is C10H7N2. The Morgan fingerprint density at radius 1 is 1.08 bits per heavy atom. The Morgan fingerprint density at radius 3 is 2.58 bits per heavy atom. The Hall–Kier alpha value is -1.70. The fraction of sp³-hybridized carbons (Fsp3) is 0. The fourth-order valence-electron chi connectivity index (χ4n) is 1.01. The minimum absolute atomic E-state index is 0.790. The molecule has 2 nitrogen and oxygen atoms in total. The molecule has 0 aliphatic carbocycles. The highest BCUT2D eigenvalue weighted by Gasteiger charge is 1.95. The van der Waals surface area contributed by atoms with Gasteiger partial charge in [-0.2, -0.15) is 5.10 Å². The summed E-state index contributed by atoms with van der Waals surface area (Å²) in [7, 11) is 0. The second-order valence-corrected chi connectivity index (χ2v) is 2.39. The van der Waals surface area contributed by atoms with Crippen LogP contribution in [-0.2, 0) is 0 Å². The predicted octanol–water partition coefficient (Wildman–Crippen LogP) is 1.94. The summed E-state index contributed by atoms with van der Waals surface area (Å²) in [4.78, 5) is 0. The second-order valence-electron chi connectivity index (χ2n) is 2.39. The van der Waals surface area contributed by atoms with Crippen LogP contribution >= 0.6 is 0 Å². The van der Waals surface area contributed by atoms with Gasteiger partial charge in [0.25, 0.3) is 0 Å². The highest BCUT2D eigenvalue weighted by molar-refractivity contribution is 5.56. The van der Waals surface area contributed by atoms with E-state index in [1.165, 1.54) is 0 Å². The molecule has 0 atom stereocenters. The number of nitrogens with zero attached hydrogens (tertiary/aromatic N) is 2. The van der Waals surface area contributed by atoms with E-state index in [4.69, 9.17) is 0 Å². The predicted molar refractivity (Wildman–Crippen MR) is 46.3 cm³/mol. The van der Waals surface area contributed by atoms with Gasteiger partial charge >= 0.3 is 0 Å². The van der Waals surface area contributed by atoms with Crippen molar-refractivity contribution in [1.29, 1.82) is 0 Å². The molecule has 1 radical (unpaired) electrons. The molecular weight excluding hydrogens is 148 g/mol. The van der Waals surface area contributed by atoms with Gasteiger partial charge in [0.2, 0.25) is 0 Å². The molecule has 0 N–H and O–H groups in total. The van der Waals surface area contributed by atoms with Crippen LogP contribution in [0.15, 0.2) is 42.6 Å². The van der Waals surface area contributed by atoms with Crippen molar-refractivity contribution in [3.8, 4) is 11.3 Å². The van der Waals surface area contributed by atoms with Crippen LogP contribution in [0.25, 0.3) is 11.3 Å². The highest BCUT2D eigenvalue weighted by Crippen LogP contribution is 2.12. The van der Waals surface area contributed by atoms with Crippen molar-refractivity contribution < 1.29 is 0 Å². The van der Waals surface area contributed by atoms with Gasteiger partial charge in [0.1, 0.15) is 5.69 Å². The average molecular weight is 155 g/mol. The molecule has 1 aromatic carbocycles. The molecule has 1 aromatic heterocycles. The molecule has 0 amide bonds. The summed E-state index contributed by atoms with van der Waals surface area (Å²) >= 11 is 0. The maximum atomic E-state index is 3.94. The number of hydrogen-bond donors (Lipinski definition) is 0. The van der Waals surface area contributed by atoms with Crippen molar-refractivity contribution in [3.63, 3.8) is 0 Å². The summed E-state index contributed by atoms with van der Waals surface area (Å²) in [6.07, 6.45) is 1.62. The van der Waals surface area contributed by atoms with Crippen LogP contribution in [-0.4, -0.2) is 10.2 Å². The van der Waals surface area contributed by atoms with Crippen molar-refractivity contribution in [2.75, 3.05) is 0 Å². The first-order chi connectivity index (χ1) is 5.97. The number of benzene rings is 1. The van der Waals surface area contributed by atoms with E-state index in [1.807, 2.05) is 30.3 Å². The molecule has 0 saturated carbocycles. The molecule has 0 bridgehead atoms.